The van der Waals surface area contributed by atoms with E-state index in [1.54, 1.807) is 19.2 Å². The highest BCUT2D eigenvalue weighted by molar-refractivity contribution is 7.89. The average Bonchev–Trinajstić information content (AvgIpc) is 2.44. The molecule has 22 heavy (non-hydrogen) atoms. The molecule has 5 nitrogen and oxygen atoms in total. The Morgan fingerprint density at radius 2 is 1.64 bits per heavy atom. The van der Waals surface area contributed by atoms with Crippen LogP contribution in [0.1, 0.15) is 37.8 Å². The van der Waals surface area contributed by atoms with E-state index >= 15 is 0 Å². The maximum atomic E-state index is 12.4. The molecule has 0 saturated carbocycles. The molecule has 0 atom stereocenters. The summed E-state index contributed by atoms with van der Waals surface area (Å²) in [6.07, 6.45) is 1.43. The van der Waals surface area contributed by atoms with E-state index in [1.165, 1.54) is 0 Å². The summed E-state index contributed by atoms with van der Waals surface area (Å²) in [5.74, 6) is 0.712. The van der Waals surface area contributed by atoms with Gasteiger partial charge in [0.25, 0.3) is 0 Å². The van der Waals surface area contributed by atoms with Crippen molar-refractivity contribution < 1.29 is 13.2 Å². The molecule has 1 aromatic carbocycles. The number of methoxy groups -OCH3 is 1. The van der Waals surface area contributed by atoms with E-state index in [4.69, 9.17) is 10.5 Å². The van der Waals surface area contributed by atoms with Crippen molar-refractivity contribution >= 4 is 22.4 Å². The van der Waals surface area contributed by atoms with Crippen LogP contribution in [0.4, 0.5) is 0 Å². The lowest BCUT2D eigenvalue weighted by molar-refractivity contribution is 0.391. The molecule has 0 spiro atoms. The molecule has 7 heteroatoms. The first kappa shape index (κ1) is 21.2. The minimum Gasteiger partial charge on any atom is -0.496 e. The Bertz CT molecular complexity index is 576. The van der Waals surface area contributed by atoms with Gasteiger partial charge in [-0.05, 0) is 49.9 Å². The van der Waals surface area contributed by atoms with Crippen LogP contribution in [-0.4, -0.2) is 27.6 Å². The summed E-state index contributed by atoms with van der Waals surface area (Å²) in [4.78, 5) is 0.243. The Morgan fingerprint density at radius 1 is 1.18 bits per heavy atom. The number of sulfonamides is 1. The van der Waals surface area contributed by atoms with Crippen molar-refractivity contribution in [2.24, 2.45) is 5.73 Å². The summed E-state index contributed by atoms with van der Waals surface area (Å²) in [5.41, 5.74) is 7.22. The SMILES string of the molecule is CCC(N)(CC)CNS(=O)(=O)c1cc(C)c(OC)c(C)c1.Cl. The molecule has 0 radical (unpaired) electrons. The van der Waals surface area contributed by atoms with Crippen molar-refractivity contribution in [2.45, 2.75) is 51.0 Å². The number of ether oxygens (including phenoxy) is 1. The van der Waals surface area contributed by atoms with Crippen LogP contribution in [-0.2, 0) is 10.0 Å². The van der Waals surface area contributed by atoms with Gasteiger partial charge >= 0.3 is 0 Å². The van der Waals surface area contributed by atoms with E-state index in [2.05, 4.69) is 4.72 Å². The van der Waals surface area contributed by atoms with Gasteiger partial charge in [-0.25, -0.2) is 13.1 Å². The van der Waals surface area contributed by atoms with Crippen molar-refractivity contribution in [3.05, 3.63) is 23.3 Å². The molecule has 0 aliphatic rings. The molecule has 0 aliphatic heterocycles. The van der Waals surface area contributed by atoms with Crippen molar-refractivity contribution in [1.82, 2.24) is 4.72 Å². The molecule has 0 bridgehead atoms. The number of rotatable bonds is 7. The van der Waals surface area contributed by atoms with Gasteiger partial charge in [-0.3, -0.25) is 0 Å². The minimum absolute atomic E-state index is 0. The fourth-order valence-electron chi connectivity index (χ4n) is 2.21. The number of nitrogens with one attached hydrogen (secondary N) is 1. The Hall–Kier alpha value is -0.820. The summed E-state index contributed by atoms with van der Waals surface area (Å²) in [6, 6.07) is 3.23. The van der Waals surface area contributed by atoms with Crippen LogP contribution in [0.3, 0.4) is 0 Å². The highest BCUT2D eigenvalue weighted by atomic mass is 35.5. The number of benzene rings is 1. The average molecular weight is 351 g/mol. The largest absolute Gasteiger partial charge is 0.496 e. The second kappa shape index (κ2) is 8.15. The number of halogens is 1. The molecular formula is C15H27ClN2O3S. The van der Waals surface area contributed by atoms with Crippen LogP contribution in [0.5, 0.6) is 5.75 Å². The number of hydrogen-bond acceptors (Lipinski definition) is 4. The smallest absolute Gasteiger partial charge is 0.240 e. The van der Waals surface area contributed by atoms with Gasteiger partial charge in [-0.2, -0.15) is 0 Å². The highest BCUT2D eigenvalue weighted by Gasteiger charge is 2.24. The predicted molar refractivity (Wildman–Crippen MR) is 92.4 cm³/mol. The molecule has 0 amide bonds. The van der Waals surface area contributed by atoms with Gasteiger partial charge in [0.2, 0.25) is 10.0 Å². The van der Waals surface area contributed by atoms with Gasteiger partial charge in [0, 0.05) is 12.1 Å². The lowest BCUT2D eigenvalue weighted by Gasteiger charge is -2.26. The zero-order valence-corrected chi connectivity index (χ0v) is 15.5. The second-order valence-electron chi connectivity index (χ2n) is 5.48. The molecule has 3 N–H and O–H groups in total. The topological polar surface area (TPSA) is 81.4 Å². The first-order valence-electron chi connectivity index (χ1n) is 7.13. The zero-order valence-electron chi connectivity index (χ0n) is 13.9. The van der Waals surface area contributed by atoms with E-state index in [9.17, 15) is 8.42 Å². The number of nitrogens with two attached hydrogens (primary N) is 1. The normalized spacial score (nSPS) is 11.9. The quantitative estimate of drug-likeness (QED) is 0.791. The van der Waals surface area contributed by atoms with Crippen LogP contribution in [0.15, 0.2) is 17.0 Å². The molecule has 0 heterocycles. The molecule has 128 valence electrons. The van der Waals surface area contributed by atoms with Crippen molar-refractivity contribution in [3.8, 4) is 5.75 Å². The molecule has 0 aliphatic carbocycles. The van der Waals surface area contributed by atoms with E-state index < -0.39 is 15.6 Å². The van der Waals surface area contributed by atoms with Crippen molar-refractivity contribution in [3.63, 3.8) is 0 Å². The third-order valence-corrected chi connectivity index (χ3v) is 5.35. The van der Waals surface area contributed by atoms with Gasteiger partial charge < -0.3 is 10.5 Å². The third kappa shape index (κ3) is 4.84. The number of aryl methyl sites for hydroxylation is 2. The first-order chi connectivity index (χ1) is 9.69. The molecule has 1 rings (SSSR count). The zero-order chi connectivity index (χ0) is 16.3. The van der Waals surface area contributed by atoms with E-state index in [1.807, 2.05) is 27.7 Å². The van der Waals surface area contributed by atoms with Gasteiger partial charge in [-0.15, -0.1) is 12.4 Å². The van der Waals surface area contributed by atoms with Gasteiger partial charge in [0.05, 0.1) is 12.0 Å². The molecule has 1 aromatic rings. The Balaban J connectivity index is 0.00000441. The predicted octanol–water partition coefficient (Wildman–Crippen LogP) is 2.53. The Morgan fingerprint density at radius 3 is 2.00 bits per heavy atom. The maximum Gasteiger partial charge on any atom is 0.240 e. The highest BCUT2D eigenvalue weighted by Crippen LogP contribution is 2.26. The fraction of sp³-hybridized carbons (Fsp3) is 0.600. The maximum absolute atomic E-state index is 12.4. The third-order valence-electron chi connectivity index (χ3n) is 3.97. The molecule has 0 unspecified atom stereocenters. The summed E-state index contributed by atoms with van der Waals surface area (Å²) in [6.45, 7) is 7.80. The summed E-state index contributed by atoms with van der Waals surface area (Å²) in [5, 5.41) is 0. The van der Waals surface area contributed by atoms with Gasteiger partial charge in [-0.1, -0.05) is 13.8 Å². The molecule has 0 fully saturated rings. The van der Waals surface area contributed by atoms with Crippen molar-refractivity contribution in [1.29, 1.82) is 0 Å². The van der Waals surface area contributed by atoms with Crippen LogP contribution in [0.25, 0.3) is 0 Å². The first-order valence-corrected chi connectivity index (χ1v) is 8.61. The Labute approximate surface area is 140 Å². The standard InChI is InChI=1S/C15H26N2O3S.ClH/c1-6-15(16,7-2)10-17-21(18,19)13-8-11(3)14(20-5)12(4)9-13;/h8-9,17H,6-7,10,16H2,1-5H3;1H. The Kier molecular flexibility index (Phi) is 7.85. The monoisotopic (exact) mass is 350 g/mol. The molecule has 0 saturated heterocycles. The van der Waals surface area contributed by atoms with Crippen LogP contribution in [0, 0.1) is 13.8 Å². The summed E-state index contributed by atoms with van der Waals surface area (Å²) in [7, 11) is -1.99. The minimum atomic E-state index is -3.57. The lowest BCUT2D eigenvalue weighted by atomic mass is 9.95. The summed E-state index contributed by atoms with van der Waals surface area (Å²) >= 11 is 0. The van der Waals surface area contributed by atoms with Gasteiger partial charge in [0.1, 0.15) is 5.75 Å². The van der Waals surface area contributed by atoms with E-state index in [-0.39, 0.29) is 23.8 Å². The molecular weight excluding hydrogens is 324 g/mol. The van der Waals surface area contributed by atoms with Crippen LogP contribution in [0.2, 0.25) is 0 Å². The van der Waals surface area contributed by atoms with E-state index in [0.717, 1.165) is 11.1 Å². The number of hydrogen-bond donors (Lipinski definition) is 2. The second-order valence-corrected chi connectivity index (χ2v) is 7.25. The van der Waals surface area contributed by atoms with Gasteiger partial charge in [0.15, 0.2) is 0 Å². The van der Waals surface area contributed by atoms with Crippen molar-refractivity contribution in [2.75, 3.05) is 13.7 Å². The summed E-state index contributed by atoms with van der Waals surface area (Å²) < 4.78 is 32.7. The fourth-order valence-corrected chi connectivity index (χ4v) is 3.52. The molecule has 0 aromatic heterocycles. The van der Waals surface area contributed by atoms with Crippen LogP contribution < -0.4 is 15.2 Å². The van der Waals surface area contributed by atoms with Crippen LogP contribution >= 0.6 is 12.4 Å². The van der Waals surface area contributed by atoms with E-state index in [0.29, 0.717) is 18.6 Å². The lowest BCUT2D eigenvalue weighted by Crippen LogP contribution is -2.49.